The van der Waals surface area contributed by atoms with Gasteiger partial charge < -0.3 is 14.8 Å². The van der Waals surface area contributed by atoms with Crippen molar-refractivity contribution in [1.82, 2.24) is 9.62 Å². The second kappa shape index (κ2) is 15.9. The molecule has 1 aliphatic rings. The van der Waals surface area contributed by atoms with E-state index in [0.717, 1.165) is 10.4 Å². The Balaban J connectivity index is 0.000000370. The number of carbonyl (C=O) groups is 3. The van der Waals surface area contributed by atoms with Gasteiger partial charge in [-0.3, -0.25) is 4.79 Å². The van der Waals surface area contributed by atoms with Gasteiger partial charge in [0.15, 0.2) is 0 Å². The lowest BCUT2D eigenvalue weighted by Crippen LogP contribution is -2.49. The highest BCUT2D eigenvalue weighted by Gasteiger charge is 2.41. The second-order valence-corrected chi connectivity index (χ2v) is 14.0. The van der Waals surface area contributed by atoms with Gasteiger partial charge in [0.2, 0.25) is 15.9 Å². The van der Waals surface area contributed by atoms with Crippen molar-refractivity contribution in [3.8, 4) is 0 Å². The van der Waals surface area contributed by atoms with Crippen molar-refractivity contribution in [3.05, 3.63) is 99.6 Å². The molecule has 0 aromatic heterocycles. The molecule has 0 saturated carbocycles. The minimum atomic E-state index is -4.21. The van der Waals surface area contributed by atoms with Crippen molar-refractivity contribution in [2.45, 2.75) is 49.5 Å². The van der Waals surface area contributed by atoms with Gasteiger partial charge >= 0.3 is 11.9 Å². The summed E-state index contributed by atoms with van der Waals surface area (Å²) in [7, 11) is -1.76. The van der Waals surface area contributed by atoms with Crippen molar-refractivity contribution in [3.63, 3.8) is 0 Å². The minimum absolute atomic E-state index is 0.000740. The maximum Gasteiger partial charge on any atom is 0.337 e. The van der Waals surface area contributed by atoms with Gasteiger partial charge in [-0.25, -0.2) is 26.8 Å². The summed E-state index contributed by atoms with van der Waals surface area (Å²) in [6, 6.07) is 12.5. The van der Waals surface area contributed by atoms with Crippen LogP contribution in [0.3, 0.4) is 0 Å². The number of rotatable bonds is 8. The Morgan fingerprint density at radius 2 is 1.48 bits per heavy atom. The number of sulfonamides is 1. The highest BCUT2D eigenvalue weighted by atomic mass is 79.9. The molecule has 0 bridgehead atoms. The Hall–Kier alpha value is -3.39. The van der Waals surface area contributed by atoms with Crippen LogP contribution in [0.2, 0.25) is 5.02 Å². The van der Waals surface area contributed by atoms with E-state index in [4.69, 9.17) is 11.6 Å². The van der Waals surface area contributed by atoms with E-state index < -0.39 is 52.1 Å². The summed E-state index contributed by atoms with van der Waals surface area (Å²) in [5, 5.41) is 3.56. The molecular formula is C32H34BrClF2N2O7S. The molecule has 0 spiro atoms. The van der Waals surface area contributed by atoms with Crippen molar-refractivity contribution in [2.24, 2.45) is 5.41 Å². The summed E-state index contributed by atoms with van der Waals surface area (Å²) in [6.45, 7) is 3.93. The number of amides is 1. The number of esters is 2. The molecule has 248 valence electrons. The van der Waals surface area contributed by atoms with E-state index in [1.165, 1.54) is 62.8 Å². The van der Waals surface area contributed by atoms with E-state index >= 15 is 0 Å². The molecular weight excluding hydrogens is 710 g/mol. The topological polar surface area (TPSA) is 119 Å². The smallest absolute Gasteiger partial charge is 0.337 e. The first-order chi connectivity index (χ1) is 21.6. The number of methoxy groups -OCH3 is 2. The Bertz CT molecular complexity index is 1690. The van der Waals surface area contributed by atoms with Gasteiger partial charge in [0.05, 0.1) is 30.2 Å². The number of ether oxygens (including phenoxy) is 2. The normalized spacial score (nSPS) is 16.0. The summed E-state index contributed by atoms with van der Waals surface area (Å²) in [5.41, 5.74) is 0.442. The van der Waals surface area contributed by atoms with Crippen molar-refractivity contribution in [1.29, 1.82) is 0 Å². The summed E-state index contributed by atoms with van der Waals surface area (Å²) in [6.07, 6.45) is 0.930. The molecule has 3 aromatic carbocycles. The molecule has 0 radical (unpaired) electrons. The standard InChI is InChI=1S/C23H26ClFN2O5S.C9H8BrFO2/c1-23(2)10-11-26-21(28)20(13-23)27(33(30,31)18-8-6-17(24)7-9-18)14-16-5-4-15(12-19(16)25)22(29)32-3;1-13-9(12)6-2-3-7(5-10)8(11)4-6/h4-9,12,20H,10-11,13-14H2,1-3H3,(H,26,28);2-4H,5H2,1H3/t20-;/m1./s1. The zero-order valence-electron chi connectivity index (χ0n) is 25.6. The third-order valence-electron chi connectivity index (χ3n) is 7.34. The molecule has 1 aliphatic heterocycles. The van der Waals surface area contributed by atoms with Crippen molar-refractivity contribution in [2.75, 3.05) is 20.8 Å². The lowest BCUT2D eigenvalue weighted by Gasteiger charge is -2.33. The van der Waals surface area contributed by atoms with Crippen LogP contribution in [0.1, 0.15) is 58.5 Å². The maximum absolute atomic E-state index is 14.9. The van der Waals surface area contributed by atoms with E-state index in [1.54, 1.807) is 6.07 Å². The number of benzene rings is 3. The van der Waals surface area contributed by atoms with Gasteiger partial charge in [0.1, 0.15) is 17.7 Å². The SMILES string of the molecule is COC(=O)c1ccc(CBr)c(F)c1.COC(=O)c1ccc(CN([C@@H]2CC(C)(C)CCNC2=O)S(=O)(=O)c2ccc(Cl)cc2)c(F)c1. The minimum Gasteiger partial charge on any atom is -0.465 e. The fourth-order valence-corrected chi connectivity index (χ4v) is 6.83. The molecule has 1 amide bonds. The zero-order chi connectivity index (χ0) is 34.2. The molecule has 4 rings (SSSR count). The molecule has 1 N–H and O–H groups in total. The van der Waals surface area contributed by atoms with Crippen LogP contribution in [0, 0.1) is 17.0 Å². The fraction of sp³-hybridized carbons (Fsp3) is 0.344. The predicted octanol–water partition coefficient (Wildman–Crippen LogP) is 6.27. The number of nitrogens with zero attached hydrogens (tertiary/aromatic N) is 1. The predicted molar refractivity (Wildman–Crippen MR) is 172 cm³/mol. The third kappa shape index (κ3) is 9.34. The van der Waals surface area contributed by atoms with Crippen LogP contribution in [-0.4, -0.2) is 57.4 Å². The molecule has 1 heterocycles. The molecule has 1 saturated heterocycles. The quantitative estimate of drug-likeness (QED) is 0.214. The van der Waals surface area contributed by atoms with Crippen LogP contribution in [0.4, 0.5) is 8.78 Å². The molecule has 46 heavy (non-hydrogen) atoms. The summed E-state index contributed by atoms with van der Waals surface area (Å²) in [5.74, 6) is -2.86. The van der Waals surface area contributed by atoms with E-state index in [9.17, 15) is 31.6 Å². The highest BCUT2D eigenvalue weighted by molar-refractivity contribution is 9.08. The summed E-state index contributed by atoms with van der Waals surface area (Å²) in [4.78, 5) is 35.6. The molecule has 0 unspecified atom stereocenters. The first-order valence-electron chi connectivity index (χ1n) is 14.0. The van der Waals surface area contributed by atoms with Gasteiger partial charge in [0, 0.05) is 29.0 Å². The van der Waals surface area contributed by atoms with Gasteiger partial charge in [-0.2, -0.15) is 4.31 Å². The Morgan fingerprint density at radius 3 is 1.96 bits per heavy atom. The maximum atomic E-state index is 14.9. The van der Waals surface area contributed by atoms with Crippen molar-refractivity contribution >= 4 is 55.4 Å². The van der Waals surface area contributed by atoms with Gasteiger partial charge in [-0.05, 0) is 72.4 Å². The van der Waals surface area contributed by atoms with Gasteiger partial charge in [-0.1, -0.05) is 53.5 Å². The molecule has 3 aromatic rings. The van der Waals surface area contributed by atoms with Gasteiger partial charge in [-0.15, -0.1) is 0 Å². The molecule has 1 atom stereocenters. The molecule has 1 fully saturated rings. The largest absolute Gasteiger partial charge is 0.465 e. The van der Waals surface area contributed by atoms with Crippen LogP contribution in [0.25, 0.3) is 0 Å². The monoisotopic (exact) mass is 742 g/mol. The van der Waals surface area contributed by atoms with Crippen LogP contribution >= 0.6 is 27.5 Å². The number of alkyl halides is 1. The van der Waals surface area contributed by atoms with Crippen LogP contribution in [0.5, 0.6) is 0 Å². The van der Waals surface area contributed by atoms with Crippen LogP contribution in [-0.2, 0) is 36.2 Å². The average Bonchev–Trinajstić information content (AvgIpc) is 3.16. The number of halogens is 4. The van der Waals surface area contributed by atoms with Crippen molar-refractivity contribution < 1.29 is 41.1 Å². The Kier molecular flexibility index (Phi) is 12.8. The Labute approximate surface area is 280 Å². The average molecular weight is 744 g/mol. The summed E-state index contributed by atoms with van der Waals surface area (Å²) < 4.78 is 65.4. The Morgan fingerprint density at radius 1 is 0.957 bits per heavy atom. The number of nitrogens with one attached hydrogen (secondary N) is 1. The molecule has 0 aliphatic carbocycles. The van der Waals surface area contributed by atoms with E-state index in [0.29, 0.717) is 28.9 Å². The van der Waals surface area contributed by atoms with Gasteiger partial charge in [0.25, 0.3) is 0 Å². The number of hydrogen-bond donors (Lipinski definition) is 1. The van der Waals surface area contributed by atoms with E-state index in [2.05, 4.69) is 30.7 Å². The second-order valence-electron chi connectivity index (χ2n) is 11.2. The van der Waals surface area contributed by atoms with E-state index in [1.807, 2.05) is 13.8 Å². The molecule has 9 nitrogen and oxygen atoms in total. The number of carbonyl (C=O) groups excluding carboxylic acids is 3. The first-order valence-corrected chi connectivity index (χ1v) is 16.9. The molecule has 14 heteroatoms. The van der Waals surface area contributed by atoms with E-state index in [-0.39, 0.29) is 33.4 Å². The summed E-state index contributed by atoms with van der Waals surface area (Å²) >= 11 is 9.05. The fourth-order valence-electron chi connectivity index (χ4n) is 4.69. The highest BCUT2D eigenvalue weighted by Crippen LogP contribution is 2.34. The third-order valence-corrected chi connectivity index (χ3v) is 10.1. The van der Waals surface area contributed by atoms with Crippen LogP contribution in [0.15, 0.2) is 65.6 Å². The first kappa shape index (κ1) is 37.1. The zero-order valence-corrected chi connectivity index (χ0v) is 28.8. The lowest BCUT2D eigenvalue weighted by molar-refractivity contribution is -0.125. The lowest BCUT2D eigenvalue weighted by atomic mass is 9.83. The number of hydrogen-bond acceptors (Lipinski definition) is 7. The van der Waals surface area contributed by atoms with Crippen LogP contribution < -0.4 is 5.32 Å².